The first-order valence-electron chi connectivity index (χ1n) is 6.00. The molecule has 0 saturated heterocycles. The van der Waals surface area contributed by atoms with E-state index in [0.29, 0.717) is 17.2 Å². The molecule has 2 aromatic carbocycles. The third-order valence-electron chi connectivity index (χ3n) is 2.78. The van der Waals surface area contributed by atoms with E-state index >= 15 is 0 Å². The molecule has 0 amide bonds. The third-order valence-corrected chi connectivity index (χ3v) is 4.18. The van der Waals surface area contributed by atoms with E-state index in [-0.39, 0.29) is 10.6 Å². The van der Waals surface area contributed by atoms with Gasteiger partial charge in [0.1, 0.15) is 5.75 Å². The lowest BCUT2D eigenvalue weighted by atomic mass is 10.3. The van der Waals surface area contributed by atoms with Crippen molar-refractivity contribution >= 4 is 15.7 Å². The second-order valence-corrected chi connectivity index (χ2v) is 5.85. The fourth-order valence-electron chi connectivity index (χ4n) is 1.74. The molecule has 0 bridgehead atoms. The van der Waals surface area contributed by atoms with Gasteiger partial charge in [0.05, 0.1) is 24.8 Å². The monoisotopic (exact) mass is 309 g/mol. The van der Waals surface area contributed by atoms with Crippen molar-refractivity contribution < 1.29 is 23.0 Å². The Balaban J connectivity index is 2.30. The molecule has 0 aliphatic heterocycles. The van der Waals surface area contributed by atoms with E-state index in [9.17, 15) is 13.5 Å². The lowest BCUT2D eigenvalue weighted by Crippen LogP contribution is -2.12. The number of nitrogens with one attached hydrogen (secondary N) is 1. The molecule has 0 atom stereocenters. The van der Waals surface area contributed by atoms with Gasteiger partial charge in [-0.3, -0.25) is 4.72 Å². The van der Waals surface area contributed by atoms with Crippen molar-refractivity contribution in [3.63, 3.8) is 0 Å². The standard InChI is InChI=1S/C14H15NO5S/c1-19-13-8-3-10(9-14(13)20-2)15-21(17,18)12-6-4-11(16)5-7-12/h3-9,15-16H,1-2H3. The number of anilines is 1. The highest BCUT2D eigenvalue weighted by atomic mass is 32.2. The number of rotatable bonds is 5. The van der Waals surface area contributed by atoms with Crippen LogP contribution in [0.2, 0.25) is 0 Å². The number of aromatic hydroxyl groups is 1. The van der Waals surface area contributed by atoms with E-state index in [1.54, 1.807) is 12.1 Å². The molecular formula is C14H15NO5S. The maximum absolute atomic E-state index is 12.2. The summed E-state index contributed by atoms with van der Waals surface area (Å²) in [5.74, 6) is 0.925. The highest BCUT2D eigenvalue weighted by Crippen LogP contribution is 2.30. The van der Waals surface area contributed by atoms with Gasteiger partial charge in [-0.05, 0) is 36.4 Å². The summed E-state index contributed by atoms with van der Waals surface area (Å²) in [4.78, 5) is 0.0510. The van der Waals surface area contributed by atoms with Gasteiger partial charge in [0, 0.05) is 6.07 Å². The van der Waals surface area contributed by atoms with E-state index in [2.05, 4.69) is 4.72 Å². The molecule has 0 spiro atoms. The van der Waals surface area contributed by atoms with E-state index in [1.165, 1.54) is 44.6 Å². The van der Waals surface area contributed by atoms with Crippen molar-refractivity contribution in [2.75, 3.05) is 18.9 Å². The first kappa shape index (κ1) is 15.0. The molecule has 0 fully saturated rings. The summed E-state index contributed by atoms with van der Waals surface area (Å²) in [6.45, 7) is 0. The van der Waals surface area contributed by atoms with Crippen LogP contribution in [-0.4, -0.2) is 27.7 Å². The predicted octanol–water partition coefficient (Wildman–Crippen LogP) is 2.21. The molecule has 112 valence electrons. The van der Waals surface area contributed by atoms with Gasteiger partial charge in [-0.25, -0.2) is 8.42 Å². The molecule has 7 heteroatoms. The fraction of sp³-hybridized carbons (Fsp3) is 0.143. The number of benzene rings is 2. The van der Waals surface area contributed by atoms with Gasteiger partial charge in [-0.2, -0.15) is 0 Å². The number of phenolic OH excluding ortho intramolecular Hbond substituents is 1. The van der Waals surface area contributed by atoms with Crippen LogP contribution in [-0.2, 0) is 10.0 Å². The lowest BCUT2D eigenvalue weighted by molar-refractivity contribution is 0.355. The van der Waals surface area contributed by atoms with Crippen molar-refractivity contribution in [3.05, 3.63) is 42.5 Å². The summed E-state index contributed by atoms with van der Waals surface area (Å²) < 4.78 is 37.0. The Morgan fingerprint density at radius 2 is 1.57 bits per heavy atom. The van der Waals surface area contributed by atoms with Crippen LogP contribution in [0.25, 0.3) is 0 Å². The zero-order valence-corrected chi connectivity index (χ0v) is 12.3. The van der Waals surface area contributed by atoms with E-state index < -0.39 is 10.0 Å². The van der Waals surface area contributed by atoms with Gasteiger partial charge in [-0.1, -0.05) is 0 Å². The van der Waals surface area contributed by atoms with Crippen LogP contribution in [0.15, 0.2) is 47.4 Å². The minimum Gasteiger partial charge on any atom is -0.508 e. The number of methoxy groups -OCH3 is 2. The number of hydrogen-bond acceptors (Lipinski definition) is 5. The fourth-order valence-corrected chi connectivity index (χ4v) is 2.79. The highest BCUT2D eigenvalue weighted by Gasteiger charge is 2.15. The Morgan fingerprint density at radius 1 is 0.952 bits per heavy atom. The Kier molecular flexibility index (Phi) is 4.23. The molecule has 0 heterocycles. The van der Waals surface area contributed by atoms with E-state index in [0.717, 1.165) is 0 Å². The summed E-state index contributed by atoms with van der Waals surface area (Å²) >= 11 is 0. The van der Waals surface area contributed by atoms with Crippen LogP contribution in [0, 0.1) is 0 Å². The highest BCUT2D eigenvalue weighted by molar-refractivity contribution is 7.92. The molecule has 0 radical (unpaired) electrons. The Labute approximate surface area is 123 Å². The van der Waals surface area contributed by atoms with Crippen molar-refractivity contribution in [2.45, 2.75) is 4.90 Å². The van der Waals surface area contributed by atoms with Gasteiger partial charge >= 0.3 is 0 Å². The van der Waals surface area contributed by atoms with Crippen LogP contribution in [0.5, 0.6) is 17.2 Å². The number of hydrogen-bond donors (Lipinski definition) is 2. The second kappa shape index (κ2) is 5.92. The van der Waals surface area contributed by atoms with Gasteiger partial charge in [0.2, 0.25) is 0 Å². The largest absolute Gasteiger partial charge is 0.508 e. The lowest BCUT2D eigenvalue weighted by Gasteiger charge is -2.11. The zero-order chi connectivity index (χ0) is 15.5. The van der Waals surface area contributed by atoms with Crippen molar-refractivity contribution in [2.24, 2.45) is 0 Å². The summed E-state index contributed by atoms with van der Waals surface area (Å²) in [5.41, 5.74) is 0.348. The molecule has 0 aromatic heterocycles. The van der Waals surface area contributed by atoms with Crippen molar-refractivity contribution in [3.8, 4) is 17.2 Å². The molecule has 0 aliphatic rings. The molecular weight excluding hydrogens is 294 g/mol. The van der Waals surface area contributed by atoms with Crippen LogP contribution < -0.4 is 14.2 Å². The number of ether oxygens (including phenoxy) is 2. The molecule has 21 heavy (non-hydrogen) atoms. The average molecular weight is 309 g/mol. The molecule has 6 nitrogen and oxygen atoms in total. The van der Waals surface area contributed by atoms with Gasteiger partial charge < -0.3 is 14.6 Å². The summed E-state index contributed by atoms with van der Waals surface area (Å²) in [6.07, 6.45) is 0. The minimum atomic E-state index is -3.73. The molecule has 0 aliphatic carbocycles. The predicted molar refractivity (Wildman–Crippen MR) is 78.5 cm³/mol. The molecule has 2 N–H and O–H groups in total. The molecule has 0 unspecified atom stereocenters. The third kappa shape index (κ3) is 3.38. The van der Waals surface area contributed by atoms with Crippen LogP contribution in [0.1, 0.15) is 0 Å². The summed E-state index contributed by atoms with van der Waals surface area (Å²) in [7, 11) is -0.766. The van der Waals surface area contributed by atoms with Crippen molar-refractivity contribution in [1.29, 1.82) is 0 Å². The van der Waals surface area contributed by atoms with Crippen molar-refractivity contribution in [1.82, 2.24) is 0 Å². The Morgan fingerprint density at radius 3 is 2.14 bits per heavy atom. The van der Waals surface area contributed by atoms with Gasteiger partial charge in [0.15, 0.2) is 11.5 Å². The zero-order valence-electron chi connectivity index (χ0n) is 11.5. The quantitative estimate of drug-likeness (QED) is 0.884. The normalized spacial score (nSPS) is 11.0. The smallest absolute Gasteiger partial charge is 0.261 e. The molecule has 2 rings (SSSR count). The number of phenols is 1. The second-order valence-electron chi connectivity index (χ2n) is 4.17. The van der Waals surface area contributed by atoms with Crippen LogP contribution in [0.3, 0.4) is 0 Å². The average Bonchev–Trinajstić information content (AvgIpc) is 2.47. The van der Waals surface area contributed by atoms with E-state index in [4.69, 9.17) is 9.47 Å². The molecule has 0 saturated carbocycles. The first-order chi connectivity index (χ1) is 9.96. The summed E-state index contributed by atoms with van der Waals surface area (Å²) in [5, 5.41) is 9.19. The first-order valence-corrected chi connectivity index (χ1v) is 7.48. The van der Waals surface area contributed by atoms with Gasteiger partial charge in [-0.15, -0.1) is 0 Å². The maximum Gasteiger partial charge on any atom is 0.261 e. The summed E-state index contributed by atoms with van der Waals surface area (Å²) in [6, 6.07) is 9.95. The minimum absolute atomic E-state index is 0.0000618. The maximum atomic E-state index is 12.2. The number of sulfonamides is 1. The van der Waals surface area contributed by atoms with E-state index in [1.807, 2.05) is 0 Å². The topological polar surface area (TPSA) is 84.9 Å². The Bertz CT molecular complexity index is 726. The van der Waals surface area contributed by atoms with Crippen LogP contribution >= 0.6 is 0 Å². The van der Waals surface area contributed by atoms with Gasteiger partial charge in [0.25, 0.3) is 10.0 Å². The van der Waals surface area contributed by atoms with Crippen LogP contribution in [0.4, 0.5) is 5.69 Å². The SMILES string of the molecule is COc1ccc(NS(=O)(=O)c2ccc(O)cc2)cc1OC. The Hall–Kier alpha value is -2.41. The molecule has 2 aromatic rings.